The molecular weight excluding hydrogens is 316 g/mol. The molecule has 23 heavy (non-hydrogen) atoms. The van der Waals surface area contributed by atoms with Crippen molar-refractivity contribution in [3.8, 4) is 11.7 Å². The van der Waals surface area contributed by atoms with E-state index in [-0.39, 0.29) is 18.3 Å². The molecule has 0 fully saturated rings. The van der Waals surface area contributed by atoms with Crippen LogP contribution in [0.5, 0.6) is 0 Å². The molecule has 3 rings (SSSR count). The molecule has 1 amide bonds. The van der Waals surface area contributed by atoms with Crippen molar-refractivity contribution in [2.75, 3.05) is 0 Å². The molecule has 0 saturated heterocycles. The molecule has 7 nitrogen and oxygen atoms in total. The van der Waals surface area contributed by atoms with Crippen LogP contribution in [0.2, 0.25) is 0 Å². The number of carbonyl (C=O) groups excluding carboxylic acids is 1. The normalized spacial score (nSPS) is 11.1. The number of nitrogens with one attached hydrogen (secondary N) is 1. The standard InChI is InChI=1S/C15H16N4O3S/c1-8(2)15-17-9(3)12(23-15)13(20)16-7-11-18-14(22-19-11)10-5-4-6-21-10/h4-6,8H,7H2,1-3H3,(H,16,20). The maximum atomic E-state index is 12.3. The van der Waals surface area contributed by atoms with Crippen LogP contribution in [0.15, 0.2) is 27.3 Å². The highest BCUT2D eigenvalue weighted by Gasteiger charge is 2.18. The summed E-state index contributed by atoms with van der Waals surface area (Å²) in [5.74, 6) is 1.28. The second-order valence-corrected chi connectivity index (χ2v) is 6.33. The monoisotopic (exact) mass is 332 g/mol. The van der Waals surface area contributed by atoms with E-state index in [4.69, 9.17) is 8.94 Å². The van der Waals surface area contributed by atoms with Crippen LogP contribution in [-0.4, -0.2) is 21.0 Å². The van der Waals surface area contributed by atoms with Gasteiger partial charge in [-0.2, -0.15) is 4.98 Å². The molecule has 0 atom stereocenters. The van der Waals surface area contributed by atoms with Crippen LogP contribution in [0.1, 0.15) is 46.0 Å². The summed E-state index contributed by atoms with van der Waals surface area (Å²) in [5, 5.41) is 7.55. The number of aryl methyl sites for hydroxylation is 1. The average Bonchev–Trinajstić information content (AvgIpc) is 3.24. The van der Waals surface area contributed by atoms with Gasteiger partial charge in [0.05, 0.1) is 23.5 Å². The molecule has 0 saturated carbocycles. The zero-order valence-electron chi connectivity index (χ0n) is 13.0. The number of carbonyl (C=O) groups is 1. The van der Waals surface area contributed by atoms with Gasteiger partial charge in [0.2, 0.25) is 0 Å². The molecule has 0 aliphatic heterocycles. The summed E-state index contributed by atoms with van der Waals surface area (Å²) in [7, 11) is 0. The molecule has 3 aromatic rings. The van der Waals surface area contributed by atoms with Gasteiger partial charge in [-0.05, 0) is 19.1 Å². The lowest BCUT2D eigenvalue weighted by Gasteiger charge is -2.00. The van der Waals surface area contributed by atoms with E-state index in [9.17, 15) is 4.79 Å². The highest BCUT2D eigenvalue weighted by atomic mass is 32.1. The van der Waals surface area contributed by atoms with Crippen molar-refractivity contribution in [1.29, 1.82) is 0 Å². The summed E-state index contributed by atoms with van der Waals surface area (Å²) in [6.45, 7) is 6.11. The van der Waals surface area contributed by atoms with Crippen molar-refractivity contribution in [2.24, 2.45) is 0 Å². The maximum Gasteiger partial charge on any atom is 0.293 e. The fourth-order valence-corrected chi connectivity index (χ4v) is 2.93. The molecule has 8 heteroatoms. The van der Waals surface area contributed by atoms with E-state index in [1.807, 2.05) is 6.92 Å². The van der Waals surface area contributed by atoms with E-state index in [1.54, 1.807) is 12.1 Å². The van der Waals surface area contributed by atoms with Gasteiger partial charge in [-0.15, -0.1) is 11.3 Å². The number of thiazole rings is 1. The van der Waals surface area contributed by atoms with Gasteiger partial charge in [0.15, 0.2) is 11.6 Å². The number of aromatic nitrogens is 3. The Balaban J connectivity index is 1.65. The average molecular weight is 332 g/mol. The molecule has 1 N–H and O–H groups in total. The highest BCUT2D eigenvalue weighted by molar-refractivity contribution is 7.13. The summed E-state index contributed by atoms with van der Waals surface area (Å²) in [4.78, 5) is 21.5. The van der Waals surface area contributed by atoms with Crippen molar-refractivity contribution in [1.82, 2.24) is 20.4 Å². The third-order valence-corrected chi connectivity index (χ3v) is 4.58. The van der Waals surface area contributed by atoms with E-state index in [0.717, 1.165) is 10.7 Å². The number of furan rings is 1. The Morgan fingerprint density at radius 1 is 1.39 bits per heavy atom. The first-order chi connectivity index (χ1) is 11.0. The van der Waals surface area contributed by atoms with Gasteiger partial charge in [-0.3, -0.25) is 4.79 Å². The number of rotatable bonds is 5. The molecule has 0 aromatic carbocycles. The lowest BCUT2D eigenvalue weighted by molar-refractivity contribution is 0.0953. The van der Waals surface area contributed by atoms with Crippen molar-refractivity contribution < 1.29 is 13.7 Å². The number of amides is 1. The summed E-state index contributed by atoms with van der Waals surface area (Å²) in [5.41, 5.74) is 0.737. The van der Waals surface area contributed by atoms with Crippen LogP contribution in [0.4, 0.5) is 0 Å². The lowest BCUT2D eigenvalue weighted by Crippen LogP contribution is -2.23. The maximum absolute atomic E-state index is 12.3. The number of nitrogens with zero attached hydrogens (tertiary/aromatic N) is 3. The van der Waals surface area contributed by atoms with Crippen LogP contribution in [0.3, 0.4) is 0 Å². The third-order valence-electron chi connectivity index (χ3n) is 3.12. The molecule has 3 aromatic heterocycles. The van der Waals surface area contributed by atoms with E-state index in [2.05, 4.69) is 34.3 Å². The Bertz CT molecular complexity index is 805. The molecule has 0 aliphatic carbocycles. The molecule has 0 bridgehead atoms. The Morgan fingerprint density at radius 2 is 2.22 bits per heavy atom. The Morgan fingerprint density at radius 3 is 2.87 bits per heavy atom. The van der Waals surface area contributed by atoms with E-state index in [0.29, 0.717) is 22.4 Å². The van der Waals surface area contributed by atoms with Gasteiger partial charge in [0, 0.05) is 5.92 Å². The second kappa shape index (κ2) is 6.33. The van der Waals surface area contributed by atoms with Gasteiger partial charge in [-0.25, -0.2) is 4.98 Å². The highest BCUT2D eigenvalue weighted by Crippen LogP contribution is 2.24. The molecule has 3 heterocycles. The van der Waals surface area contributed by atoms with Crippen LogP contribution in [0, 0.1) is 6.92 Å². The fourth-order valence-electron chi connectivity index (χ4n) is 1.94. The first-order valence-corrected chi connectivity index (χ1v) is 7.98. The third kappa shape index (κ3) is 3.31. The molecule has 120 valence electrons. The Hall–Kier alpha value is -2.48. The predicted molar refractivity (Wildman–Crippen MR) is 84.1 cm³/mol. The quantitative estimate of drug-likeness (QED) is 0.771. The summed E-state index contributed by atoms with van der Waals surface area (Å²) in [6, 6.07) is 3.46. The van der Waals surface area contributed by atoms with Gasteiger partial charge >= 0.3 is 0 Å². The number of hydrogen-bond donors (Lipinski definition) is 1. The van der Waals surface area contributed by atoms with E-state index < -0.39 is 0 Å². The predicted octanol–water partition coefficient (Wildman–Crippen LogP) is 3.15. The minimum Gasteiger partial charge on any atom is -0.459 e. The SMILES string of the molecule is Cc1nc(C(C)C)sc1C(=O)NCc1noc(-c2ccco2)n1. The van der Waals surface area contributed by atoms with Crippen molar-refractivity contribution in [3.05, 3.63) is 39.8 Å². The lowest BCUT2D eigenvalue weighted by atomic mass is 10.2. The molecule has 0 aliphatic rings. The van der Waals surface area contributed by atoms with Crippen molar-refractivity contribution in [3.63, 3.8) is 0 Å². The van der Waals surface area contributed by atoms with Gasteiger partial charge in [-0.1, -0.05) is 19.0 Å². The van der Waals surface area contributed by atoms with Crippen LogP contribution < -0.4 is 5.32 Å². The van der Waals surface area contributed by atoms with Crippen molar-refractivity contribution in [2.45, 2.75) is 33.2 Å². The topological polar surface area (TPSA) is 94.1 Å². The van der Waals surface area contributed by atoms with Gasteiger partial charge in [0.1, 0.15) is 4.88 Å². The minimum absolute atomic E-state index is 0.178. The summed E-state index contributed by atoms with van der Waals surface area (Å²) < 4.78 is 10.3. The first-order valence-electron chi connectivity index (χ1n) is 7.16. The summed E-state index contributed by atoms with van der Waals surface area (Å²) >= 11 is 1.41. The van der Waals surface area contributed by atoms with Crippen molar-refractivity contribution >= 4 is 17.2 Å². The smallest absolute Gasteiger partial charge is 0.293 e. The largest absolute Gasteiger partial charge is 0.459 e. The van der Waals surface area contributed by atoms with E-state index >= 15 is 0 Å². The van der Waals surface area contributed by atoms with Crippen LogP contribution in [0.25, 0.3) is 11.7 Å². The van der Waals surface area contributed by atoms with Gasteiger partial charge in [0.25, 0.3) is 11.8 Å². The first kappa shape index (κ1) is 15.4. The number of hydrogen-bond acceptors (Lipinski definition) is 7. The zero-order valence-corrected chi connectivity index (χ0v) is 13.8. The Labute approximate surface area is 136 Å². The minimum atomic E-state index is -0.184. The molecular formula is C15H16N4O3S. The second-order valence-electron chi connectivity index (χ2n) is 5.30. The van der Waals surface area contributed by atoms with Gasteiger partial charge < -0.3 is 14.3 Å². The molecule has 0 radical (unpaired) electrons. The zero-order chi connectivity index (χ0) is 16.4. The fraction of sp³-hybridized carbons (Fsp3) is 0.333. The summed E-state index contributed by atoms with van der Waals surface area (Å²) in [6.07, 6.45) is 1.53. The van der Waals surface area contributed by atoms with E-state index in [1.165, 1.54) is 17.6 Å². The van der Waals surface area contributed by atoms with Crippen LogP contribution >= 0.6 is 11.3 Å². The van der Waals surface area contributed by atoms with Crippen LogP contribution in [-0.2, 0) is 6.54 Å². The molecule has 0 spiro atoms. The molecule has 0 unspecified atom stereocenters. The Kier molecular flexibility index (Phi) is 4.24.